The number of phenolic OH excluding ortho intramolecular Hbond substituents is 1. The Morgan fingerprint density at radius 1 is 0.979 bits per heavy atom. The highest BCUT2D eigenvalue weighted by Gasteiger charge is 2.77. The minimum atomic E-state index is -5.11. The highest BCUT2D eigenvalue weighted by atomic mass is 35.5. The molecule has 0 bridgehead atoms. The number of phenols is 1. The molecule has 47 heavy (non-hydrogen) atoms. The lowest BCUT2D eigenvalue weighted by atomic mass is 9.56. The summed E-state index contributed by atoms with van der Waals surface area (Å²) < 4.78 is 57.7. The minimum Gasteiger partial charge on any atom is -0.508 e. The fraction of sp³-hybridized carbons (Fsp3) is 0.312. The third-order valence-electron chi connectivity index (χ3n) is 9.42. The molecule has 0 radical (unpaired) electrons. The topological polar surface area (TPSA) is 104 Å². The summed E-state index contributed by atoms with van der Waals surface area (Å²) in [4.78, 5) is 54.0. The number of rotatable bonds is 5. The Hall–Kier alpha value is -3.94. The quantitative estimate of drug-likeness (QED) is 0.145. The van der Waals surface area contributed by atoms with Crippen LogP contribution in [0, 0.1) is 23.6 Å². The van der Waals surface area contributed by atoms with Gasteiger partial charge in [-0.2, -0.15) is 0 Å². The number of nitrogens with zero attached hydrogens (tertiary/aromatic N) is 2. The Morgan fingerprint density at radius 3 is 2.36 bits per heavy atom. The van der Waals surface area contributed by atoms with Gasteiger partial charge in [-0.05, 0) is 72.7 Å². The van der Waals surface area contributed by atoms with Crippen LogP contribution in [0.5, 0.6) is 11.5 Å². The number of alkyl halides is 5. The predicted octanol–water partition coefficient (Wildman–Crippen LogP) is 6.26. The summed E-state index contributed by atoms with van der Waals surface area (Å²) in [6, 6.07) is 10.5. The van der Waals surface area contributed by atoms with Gasteiger partial charge in [-0.3, -0.25) is 24.1 Å². The van der Waals surface area contributed by atoms with Crippen LogP contribution >= 0.6 is 34.5 Å². The van der Waals surface area contributed by atoms with Crippen molar-refractivity contribution in [3.05, 3.63) is 87.9 Å². The molecule has 4 aliphatic rings. The van der Waals surface area contributed by atoms with E-state index in [9.17, 15) is 41.8 Å². The van der Waals surface area contributed by atoms with Gasteiger partial charge in [0.05, 0.1) is 24.1 Å². The Balaban J connectivity index is 1.40. The molecule has 2 aliphatic carbocycles. The number of halogens is 6. The Bertz CT molecular complexity index is 1870. The maximum Gasteiger partial charge on any atom is 0.573 e. The highest BCUT2D eigenvalue weighted by molar-refractivity contribution is 7.09. The molecular formula is C32H22Cl2F4N2O6S. The molecule has 15 heteroatoms. The largest absolute Gasteiger partial charge is 0.573 e. The summed E-state index contributed by atoms with van der Waals surface area (Å²) in [5.74, 6) is -9.45. The Labute approximate surface area is 278 Å². The molecule has 244 valence electrons. The standard InChI is InChI=1S/C32H22Cl2F4N2O6S/c33-30-13-22-19(8-9-20-24(22)27(43)39(26(20)42)14-18-2-1-11-47-18)25(21-12-17(7-10-23(21)41)46-32(36,37)38)31(30,34)29(45)40(28(30)44)16-5-3-15(35)4-6-16/h1-8,10-12,20,22,24-25,41H,9,13-14H2. The van der Waals surface area contributed by atoms with Crippen molar-refractivity contribution >= 4 is 63.9 Å². The van der Waals surface area contributed by atoms with Gasteiger partial charge in [0.15, 0.2) is 9.75 Å². The minimum absolute atomic E-state index is 0.0179. The van der Waals surface area contributed by atoms with Crippen LogP contribution < -0.4 is 9.64 Å². The van der Waals surface area contributed by atoms with E-state index >= 15 is 0 Å². The fourth-order valence-corrected chi connectivity index (χ4v) is 9.10. The third kappa shape index (κ3) is 4.68. The SMILES string of the molecule is O=C1C2CC=C3C(CC4(Cl)C(=O)N(c5ccc(F)cc5)C(=O)C4(Cl)C3c3cc(OC(F)(F)F)ccc3O)C2C(=O)N1Cc1cccs1. The monoisotopic (exact) mass is 708 g/mol. The zero-order chi connectivity index (χ0) is 33.6. The normalized spacial score (nSPS) is 30.3. The van der Waals surface area contributed by atoms with Gasteiger partial charge in [0.25, 0.3) is 11.8 Å². The summed E-state index contributed by atoms with van der Waals surface area (Å²) in [6.07, 6.45) is -3.90. The molecule has 3 fully saturated rings. The lowest BCUT2D eigenvalue weighted by molar-refractivity contribution is -0.274. The molecule has 2 aromatic carbocycles. The van der Waals surface area contributed by atoms with Crippen molar-refractivity contribution in [2.75, 3.05) is 4.90 Å². The smallest absolute Gasteiger partial charge is 0.508 e. The van der Waals surface area contributed by atoms with E-state index in [0.29, 0.717) is 4.90 Å². The molecule has 6 unspecified atom stereocenters. The highest BCUT2D eigenvalue weighted by Crippen LogP contribution is 2.66. The van der Waals surface area contributed by atoms with Gasteiger partial charge >= 0.3 is 6.36 Å². The van der Waals surface area contributed by atoms with E-state index in [0.717, 1.165) is 52.2 Å². The molecule has 1 saturated carbocycles. The van der Waals surface area contributed by atoms with Crippen LogP contribution in [0.1, 0.15) is 29.2 Å². The van der Waals surface area contributed by atoms with Crippen LogP contribution in [0.3, 0.4) is 0 Å². The van der Waals surface area contributed by atoms with E-state index in [1.165, 1.54) is 11.3 Å². The molecule has 3 heterocycles. The van der Waals surface area contributed by atoms with Crippen LogP contribution in [0.15, 0.2) is 71.6 Å². The van der Waals surface area contributed by atoms with Crippen molar-refractivity contribution in [3.63, 3.8) is 0 Å². The first kappa shape index (κ1) is 31.6. The molecule has 1 N–H and O–H groups in total. The third-order valence-corrected chi connectivity index (χ3v) is 11.7. The number of likely N-dealkylation sites (tertiary alicyclic amines) is 1. The van der Waals surface area contributed by atoms with Gasteiger partial charge in [-0.1, -0.05) is 17.7 Å². The number of allylic oxidation sites excluding steroid dienone is 2. The molecule has 0 spiro atoms. The maximum absolute atomic E-state index is 14.4. The number of carbonyl (C=O) groups excluding carboxylic acids is 4. The molecular weight excluding hydrogens is 687 g/mol. The first-order valence-electron chi connectivity index (χ1n) is 14.3. The number of ether oxygens (including phenoxy) is 1. The molecule has 3 aromatic rings. The summed E-state index contributed by atoms with van der Waals surface area (Å²) in [7, 11) is 0. The second-order valence-corrected chi connectivity index (χ2v) is 14.1. The molecule has 1 aromatic heterocycles. The maximum atomic E-state index is 14.4. The molecule has 6 atom stereocenters. The number of aromatic hydroxyl groups is 1. The van der Waals surface area contributed by atoms with Gasteiger partial charge in [0.2, 0.25) is 11.8 Å². The fourth-order valence-electron chi connectivity index (χ4n) is 7.48. The molecule has 2 aliphatic heterocycles. The van der Waals surface area contributed by atoms with Crippen molar-refractivity contribution in [1.29, 1.82) is 0 Å². The number of anilines is 1. The lowest BCUT2D eigenvalue weighted by Crippen LogP contribution is -2.60. The Morgan fingerprint density at radius 2 is 1.70 bits per heavy atom. The average molecular weight is 710 g/mol. The summed E-state index contributed by atoms with van der Waals surface area (Å²) >= 11 is 15.8. The van der Waals surface area contributed by atoms with Crippen LogP contribution in [-0.2, 0) is 25.7 Å². The first-order valence-corrected chi connectivity index (χ1v) is 16.0. The second kappa shape index (κ2) is 10.8. The van der Waals surface area contributed by atoms with E-state index in [1.807, 2.05) is 0 Å². The summed E-state index contributed by atoms with van der Waals surface area (Å²) in [6.45, 7) is 0.0205. The van der Waals surface area contributed by atoms with E-state index < -0.39 is 87.1 Å². The van der Waals surface area contributed by atoms with Crippen molar-refractivity contribution in [2.45, 2.75) is 41.4 Å². The van der Waals surface area contributed by atoms with Crippen LogP contribution in [0.2, 0.25) is 0 Å². The number of hydrogen-bond acceptors (Lipinski definition) is 7. The summed E-state index contributed by atoms with van der Waals surface area (Å²) in [5.41, 5.74) is -0.120. The first-order chi connectivity index (χ1) is 22.2. The molecule has 7 rings (SSSR count). The van der Waals surface area contributed by atoms with Gasteiger partial charge < -0.3 is 9.84 Å². The zero-order valence-electron chi connectivity index (χ0n) is 23.8. The van der Waals surface area contributed by atoms with Gasteiger partial charge in [-0.25, -0.2) is 9.29 Å². The molecule has 4 amide bonds. The van der Waals surface area contributed by atoms with Crippen LogP contribution in [0.4, 0.5) is 23.2 Å². The van der Waals surface area contributed by atoms with Crippen LogP contribution in [0.25, 0.3) is 0 Å². The predicted molar refractivity (Wildman–Crippen MR) is 161 cm³/mol. The van der Waals surface area contributed by atoms with Gasteiger partial charge in [0, 0.05) is 16.4 Å². The lowest BCUT2D eigenvalue weighted by Gasteiger charge is -2.50. The number of benzene rings is 2. The summed E-state index contributed by atoms with van der Waals surface area (Å²) in [5, 5.41) is 12.9. The van der Waals surface area contributed by atoms with E-state index in [2.05, 4.69) is 4.74 Å². The van der Waals surface area contributed by atoms with E-state index in [-0.39, 0.29) is 29.8 Å². The number of amides is 4. The van der Waals surface area contributed by atoms with Crippen molar-refractivity contribution in [3.8, 4) is 11.5 Å². The Kier molecular flexibility index (Phi) is 7.27. The van der Waals surface area contributed by atoms with Crippen molar-refractivity contribution < 1.29 is 46.6 Å². The average Bonchev–Trinajstić information content (AvgIpc) is 3.65. The number of thiophene rings is 1. The van der Waals surface area contributed by atoms with Gasteiger partial charge in [0.1, 0.15) is 17.3 Å². The van der Waals surface area contributed by atoms with Crippen LogP contribution in [-0.4, -0.2) is 49.7 Å². The van der Waals surface area contributed by atoms with E-state index in [4.69, 9.17) is 23.2 Å². The van der Waals surface area contributed by atoms with Crippen molar-refractivity contribution in [1.82, 2.24) is 4.90 Å². The number of carbonyl (C=O) groups is 4. The zero-order valence-corrected chi connectivity index (χ0v) is 26.2. The number of imide groups is 2. The molecule has 8 nitrogen and oxygen atoms in total. The second-order valence-electron chi connectivity index (χ2n) is 11.9. The molecule has 2 saturated heterocycles. The number of hydrogen-bond donors (Lipinski definition) is 1. The van der Waals surface area contributed by atoms with Crippen molar-refractivity contribution in [2.24, 2.45) is 17.8 Å². The number of fused-ring (bicyclic) bond motifs is 4. The van der Waals surface area contributed by atoms with Gasteiger partial charge in [-0.15, -0.1) is 47.7 Å². The van der Waals surface area contributed by atoms with E-state index in [1.54, 1.807) is 23.6 Å².